The number of anilines is 2. The lowest BCUT2D eigenvalue weighted by atomic mass is 10.2. The summed E-state index contributed by atoms with van der Waals surface area (Å²) in [6.07, 6.45) is 1.15. The molecule has 0 atom stereocenters. The van der Waals surface area contributed by atoms with Gasteiger partial charge in [-0.05, 0) is 14.0 Å². The van der Waals surface area contributed by atoms with Crippen LogP contribution in [0.25, 0.3) is 0 Å². The summed E-state index contributed by atoms with van der Waals surface area (Å²) in [4.78, 5) is 24.6. The van der Waals surface area contributed by atoms with Crippen molar-refractivity contribution < 1.29 is 26.7 Å². The molecule has 11 heteroatoms. The van der Waals surface area contributed by atoms with E-state index in [9.17, 15) is 26.7 Å². The molecule has 1 aliphatic rings. The van der Waals surface area contributed by atoms with E-state index in [1.807, 2.05) is 11.9 Å². The number of amides is 1. The summed E-state index contributed by atoms with van der Waals surface area (Å²) in [6.45, 7) is 4.47. The van der Waals surface area contributed by atoms with E-state index < -0.39 is 40.7 Å². The lowest BCUT2D eigenvalue weighted by molar-refractivity contribution is 0.102. The molecule has 2 aromatic rings. The Kier molecular flexibility index (Phi) is 5.45. The van der Waals surface area contributed by atoms with Crippen LogP contribution >= 0.6 is 0 Å². The SMILES string of the molecule is Cc1nc(N2CCN(C)CC2)ncc1C(=O)Nc1c(F)c(F)c(F)c(F)c1F. The smallest absolute Gasteiger partial charge is 0.259 e. The van der Waals surface area contributed by atoms with Crippen molar-refractivity contribution in [2.24, 2.45) is 0 Å². The Morgan fingerprint density at radius 1 is 0.964 bits per heavy atom. The van der Waals surface area contributed by atoms with Gasteiger partial charge in [0.05, 0.1) is 11.3 Å². The molecule has 0 spiro atoms. The molecule has 1 fully saturated rings. The van der Waals surface area contributed by atoms with Gasteiger partial charge < -0.3 is 15.1 Å². The number of carbonyl (C=O) groups excluding carboxylic acids is 1. The first-order valence-corrected chi connectivity index (χ1v) is 8.30. The highest BCUT2D eigenvalue weighted by molar-refractivity contribution is 6.05. The van der Waals surface area contributed by atoms with Crippen LogP contribution in [-0.2, 0) is 0 Å². The highest BCUT2D eigenvalue weighted by Gasteiger charge is 2.28. The van der Waals surface area contributed by atoms with Crippen molar-refractivity contribution in [3.05, 3.63) is 46.5 Å². The van der Waals surface area contributed by atoms with Gasteiger partial charge in [-0.25, -0.2) is 31.9 Å². The van der Waals surface area contributed by atoms with E-state index in [1.165, 1.54) is 6.92 Å². The molecule has 2 heterocycles. The third kappa shape index (κ3) is 3.61. The zero-order valence-corrected chi connectivity index (χ0v) is 15.0. The lowest BCUT2D eigenvalue weighted by Crippen LogP contribution is -2.45. The quantitative estimate of drug-likeness (QED) is 0.487. The van der Waals surface area contributed by atoms with Crippen molar-refractivity contribution >= 4 is 17.5 Å². The predicted octanol–water partition coefficient (Wildman–Crippen LogP) is 2.48. The Morgan fingerprint density at radius 2 is 1.50 bits per heavy atom. The fraction of sp³-hybridized carbons (Fsp3) is 0.353. The van der Waals surface area contributed by atoms with E-state index in [0.29, 0.717) is 19.0 Å². The van der Waals surface area contributed by atoms with Crippen molar-refractivity contribution in [3.63, 3.8) is 0 Å². The number of benzene rings is 1. The molecule has 0 radical (unpaired) electrons. The number of piperazine rings is 1. The van der Waals surface area contributed by atoms with E-state index in [1.54, 1.807) is 5.32 Å². The number of nitrogens with one attached hydrogen (secondary N) is 1. The zero-order chi connectivity index (χ0) is 20.6. The first-order chi connectivity index (χ1) is 13.2. The molecule has 3 rings (SSSR count). The Hall–Kier alpha value is -2.82. The average molecular weight is 401 g/mol. The van der Waals surface area contributed by atoms with E-state index >= 15 is 0 Å². The molecule has 0 saturated carbocycles. The highest BCUT2D eigenvalue weighted by atomic mass is 19.2. The molecule has 1 aromatic carbocycles. The molecule has 1 N–H and O–H groups in total. The van der Waals surface area contributed by atoms with Gasteiger partial charge in [0.1, 0.15) is 5.69 Å². The largest absolute Gasteiger partial charge is 0.338 e. The second-order valence-corrected chi connectivity index (χ2v) is 6.36. The van der Waals surface area contributed by atoms with Crippen LogP contribution in [0.5, 0.6) is 0 Å². The zero-order valence-electron chi connectivity index (χ0n) is 15.0. The van der Waals surface area contributed by atoms with Gasteiger partial charge in [-0.2, -0.15) is 0 Å². The van der Waals surface area contributed by atoms with Crippen LogP contribution < -0.4 is 10.2 Å². The van der Waals surface area contributed by atoms with Gasteiger partial charge in [0.15, 0.2) is 23.3 Å². The van der Waals surface area contributed by atoms with Crippen molar-refractivity contribution in [2.75, 3.05) is 43.4 Å². The van der Waals surface area contributed by atoms with Gasteiger partial charge in [-0.15, -0.1) is 0 Å². The van der Waals surface area contributed by atoms with Gasteiger partial charge in [-0.3, -0.25) is 4.79 Å². The number of rotatable bonds is 3. The number of nitrogens with zero attached hydrogens (tertiary/aromatic N) is 4. The van der Waals surface area contributed by atoms with Crippen molar-refractivity contribution in [1.82, 2.24) is 14.9 Å². The Bertz CT molecular complexity index is 902. The molecular formula is C17H16F5N5O. The van der Waals surface area contributed by atoms with E-state index in [2.05, 4.69) is 14.9 Å². The molecule has 1 aromatic heterocycles. The van der Waals surface area contributed by atoms with Crippen LogP contribution in [0.2, 0.25) is 0 Å². The Balaban J connectivity index is 1.84. The van der Waals surface area contributed by atoms with Crippen LogP contribution in [0.4, 0.5) is 33.6 Å². The normalized spacial score (nSPS) is 15.0. The number of hydrogen-bond donors (Lipinski definition) is 1. The third-order valence-corrected chi connectivity index (χ3v) is 4.45. The summed E-state index contributed by atoms with van der Waals surface area (Å²) in [5.74, 6) is -11.6. The molecule has 0 bridgehead atoms. The maximum Gasteiger partial charge on any atom is 0.259 e. The van der Waals surface area contributed by atoms with E-state index in [4.69, 9.17) is 0 Å². The number of aromatic nitrogens is 2. The maximum atomic E-state index is 13.7. The van der Waals surface area contributed by atoms with Gasteiger partial charge in [0.2, 0.25) is 11.8 Å². The highest BCUT2D eigenvalue weighted by Crippen LogP contribution is 2.27. The lowest BCUT2D eigenvalue weighted by Gasteiger charge is -2.32. The van der Waals surface area contributed by atoms with E-state index in [-0.39, 0.29) is 11.3 Å². The minimum Gasteiger partial charge on any atom is -0.338 e. The number of carbonyl (C=O) groups is 1. The van der Waals surface area contributed by atoms with Crippen molar-refractivity contribution in [1.29, 1.82) is 0 Å². The Morgan fingerprint density at radius 3 is 2.04 bits per heavy atom. The number of hydrogen-bond acceptors (Lipinski definition) is 5. The number of halogens is 5. The molecule has 1 saturated heterocycles. The molecule has 0 aliphatic carbocycles. The van der Waals surface area contributed by atoms with Gasteiger partial charge in [0, 0.05) is 32.4 Å². The number of aryl methyl sites for hydroxylation is 1. The molecule has 1 amide bonds. The summed E-state index contributed by atoms with van der Waals surface area (Å²) in [6, 6.07) is 0. The minimum atomic E-state index is -2.30. The molecule has 150 valence electrons. The van der Waals surface area contributed by atoms with Crippen LogP contribution in [0.1, 0.15) is 16.1 Å². The predicted molar refractivity (Wildman–Crippen MR) is 90.7 cm³/mol. The van der Waals surface area contributed by atoms with Crippen molar-refractivity contribution in [2.45, 2.75) is 6.92 Å². The average Bonchev–Trinajstić information content (AvgIpc) is 2.68. The third-order valence-electron chi connectivity index (χ3n) is 4.45. The van der Waals surface area contributed by atoms with Gasteiger partial charge in [-0.1, -0.05) is 0 Å². The fourth-order valence-electron chi connectivity index (χ4n) is 2.73. The Labute approximate surface area is 157 Å². The minimum absolute atomic E-state index is 0.151. The summed E-state index contributed by atoms with van der Waals surface area (Å²) in [5, 5.41) is 1.71. The summed E-state index contributed by atoms with van der Waals surface area (Å²) < 4.78 is 67.1. The second kappa shape index (κ2) is 7.66. The monoisotopic (exact) mass is 401 g/mol. The molecule has 1 aliphatic heterocycles. The van der Waals surface area contributed by atoms with Gasteiger partial charge in [0.25, 0.3) is 5.91 Å². The fourth-order valence-corrected chi connectivity index (χ4v) is 2.73. The summed E-state index contributed by atoms with van der Waals surface area (Å²) in [5.41, 5.74) is -1.38. The van der Waals surface area contributed by atoms with Gasteiger partial charge >= 0.3 is 0 Å². The molecule has 28 heavy (non-hydrogen) atoms. The van der Waals surface area contributed by atoms with Crippen molar-refractivity contribution in [3.8, 4) is 0 Å². The summed E-state index contributed by atoms with van der Waals surface area (Å²) in [7, 11) is 1.98. The van der Waals surface area contributed by atoms with Crippen LogP contribution in [0.15, 0.2) is 6.20 Å². The second-order valence-electron chi connectivity index (χ2n) is 6.36. The molecular weight excluding hydrogens is 385 g/mol. The first-order valence-electron chi connectivity index (χ1n) is 8.30. The topological polar surface area (TPSA) is 61.4 Å². The van der Waals surface area contributed by atoms with Crippen LogP contribution in [0.3, 0.4) is 0 Å². The molecule has 0 unspecified atom stereocenters. The maximum absolute atomic E-state index is 13.7. The van der Waals surface area contributed by atoms with E-state index in [0.717, 1.165) is 19.3 Å². The van der Waals surface area contributed by atoms with Crippen LogP contribution in [0, 0.1) is 36.0 Å². The van der Waals surface area contributed by atoms with Crippen LogP contribution in [-0.4, -0.2) is 54.0 Å². The summed E-state index contributed by atoms with van der Waals surface area (Å²) >= 11 is 0. The molecule has 6 nitrogen and oxygen atoms in total. The number of likely N-dealkylation sites (N-methyl/N-ethyl adjacent to an activating group) is 1. The first kappa shape index (κ1) is 19.9. The standard InChI is InChI=1S/C17H16F5N5O/c1-8-9(7-23-17(24-8)27-5-3-26(2)4-6-27)16(28)25-15-13(21)11(19)10(18)12(20)14(15)22/h7H,3-6H2,1-2H3,(H,25,28).